The van der Waals surface area contributed by atoms with Gasteiger partial charge in [-0.1, -0.05) is 84.9 Å². The van der Waals surface area contributed by atoms with Crippen molar-refractivity contribution >= 4 is 81.2 Å². The minimum absolute atomic E-state index is 0.625. The molecule has 9 aromatic rings. The van der Waals surface area contributed by atoms with Gasteiger partial charge in [-0.2, -0.15) is 0 Å². The van der Waals surface area contributed by atoms with Crippen LogP contribution >= 0.6 is 11.3 Å². The second kappa shape index (κ2) is 9.55. The van der Waals surface area contributed by atoms with E-state index in [1.165, 1.54) is 30.9 Å². The smallest absolute Gasteiger partial charge is 0.227 e. The Hall–Kier alpha value is -5.45. The largest absolute Gasteiger partial charge is 0.435 e. The van der Waals surface area contributed by atoms with Crippen LogP contribution in [0.2, 0.25) is 0 Å². The van der Waals surface area contributed by atoms with Crippen molar-refractivity contribution in [2.24, 2.45) is 0 Å². The highest BCUT2D eigenvalue weighted by atomic mass is 32.1. The highest BCUT2D eigenvalue weighted by Crippen LogP contribution is 2.41. The molecule has 0 saturated carbocycles. The summed E-state index contributed by atoms with van der Waals surface area (Å²) in [5.41, 5.74) is 5.97. The molecule has 7 aromatic carbocycles. The number of nitrogens with zero attached hydrogens (tertiary/aromatic N) is 2. The van der Waals surface area contributed by atoms with Crippen LogP contribution in [-0.4, -0.2) is 4.98 Å². The molecule has 0 aliphatic carbocycles. The molecule has 0 amide bonds. The maximum Gasteiger partial charge on any atom is 0.227 e. The van der Waals surface area contributed by atoms with Gasteiger partial charge in [0.15, 0.2) is 5.58 Å². The van der Waals surface area contributed by atoms with E-state index in [1.807, 2.05) is 11.3 Å². The number of rotatable bonds is 4. The molecule has 2 heterocycles. The van der Waals surface area contributed by atoms with Gasteiger partial charge in [0, 0.05) is 53.6 Å². The van der Waals surface area contributed by atoms with Gasteiger partial charge in [0.2, 0.25) is 5.89 Å². The molecule has 0 N–H and O–H groups in total. The number of thiophene rings is 1. The minimum Gasteiger partial charge on any atom is -0.435 e. The zero-order chi connectivity index (χ0) is 28.3. The third-order valence-corrected chi connectivity index (χ3v) is 9.43. The molecule has 202 valence electrons. The Kier molecular flexibility index (Phi) is 5.37. The molecule has 0 unspecified atom stereocenters. The van der Waals surface area contributed by atoms with Crippen molar-refractivity contribution < 1.29 is 4.42 Å². The molecule has 4 heteroatoms. The van der Waals surface area contributed by atoms with Crippen molar-refractivity contribution in [2.45, 2.75) is 0 Å². The lowest BCUT2D eigenvalue weighted by Crippen LogP contribution is -2.09. The Morgan fingerprint density at radius 2 is 1.05 bits per heavy atom. The van der Waals surface area contributed by atoms with Crippen molar-refractivity contribution in [1.29, 1.82) is 0 Å². The molecule has 3 nitrogen and oxygen atoms in total. The maximum absolute atomic E-state index is 6.50. The Morgan fingerprint density at radius 1 is 0.465 bits per heavy atom. The van der Waals surface area contributed by atoms with Gasteiger partial charge in [0.1, 0.15) is 5.52 Å². The van der Waals surface area contributed by atoms with Crippen LogP contribution in [0.5, 0.6) is 0 Å². The van der Waals surface area contributed by atoms with Gasteiger partial charge in [0.05, 0.1) is 0 Å². The second-order valence-corrected chi connectivity index (χ2v) is 11.9. The predicted octanol–water partition coefficient (Wildman–Crippen LogP) is 11.6. The zero-order valence-electron chi connectivity index (χ0n) is 23.1. The van der Waals surface area contributed by atoms with Crippen LogP contribution < -0.4 is 4.90 Å². The molecule has 0 saturated heterocycles. The first-order valence-corrected chi connectivity index (χ1v) is 15.2. The van der Waals surface area contributed by atoms with Crippen molar-refractivity contribution in [3.05, 3.63) is 146 Å². The molecule has 0 aliphatic heterocycles. The molecule has 43 heavy (non-hydrogen) atoms. The summed E-state index contributed by atoms with van der Waals surface area (Å²) in [6, 6.07) is 51.3. The highest BCUT2D eigenvalue weighted by Gasteiger charge is 2.18. The van der Waals surface area contributed by atoms with Crippen molar-refractivity contribution in [2.75, 3.05) is 4.90 Å². The number of hydrogen-bond acceptors (Lipinski definition) is 4. The van der Waals surface area contributed by atoms with Gasteiger partial charge in [-0.3, -0.25) is 0 Å². The van der Waals surface area contributed by atoms with Crippen LogP contribution in [-0.2, 0) is 0 Å². The summed E-state index contributed by atoms with van der Waals surface area (Å²) in [5, 5.41) is 7.13. The molecular formula is C39H24N2OS. The zero-order valence-corrected chi connectivity index (χ0v) is 23.9. The fourth-order valence-electron chi connectivity index (χ4n) is 6.28. The summed E-state index contributed by atoms with van der Waals surface area (Å²) in [5.74, 6) is 0.625. The summed E-state index contributed by atoms with van der Waals surface area (Å²) in [6.07, 6.45) is 0. The number of oxazole rings is 1. The summed E-state index contributed by atoms with van der Waals surface area (Å²) in [6.45, 7) is 0. The van der Waals surface area contributed by atoms with Crippen LogP contribution in [0.3, 0.4) is 0 Å². The van der Waals surface area contributed by atoms with E-state index >= 15 is 0 Å². The lowest BCUT2D eigenvalue weighted by atomic mass is 10.0. The predicted molar refractivity (Wildman–Crippen MR) is 182 cm³/mol. The van der Waals surface area contributed by atoms with Gasteiger partial charge < -0.3 is 9.32 Å². The molecule has 0 radical (unpaired) electrons. The standard InChI is InChI=1S/C39H24N2OS/c1-2-10-26(11-3-1)41(28-22-23-36-34(24-28)31-14-8-9-17-35(31)43-36)27-20-18-25(19-21-27)39-40-37-32-15-6-4-12-29(32)30-13-5-7-16-33(30)38(37)42-39/h1-24H. The molecule has 0 spiro atoms. The molecule has 0 bridgehead atoms. The number of fused-ring (bicyclic) bond motifs is 9. The fourth-order valence-corrected chi connectivity index (χ4v) is 7.37. The van der Waals surface area contributed by atoms with Crippen molar-refractivity contribution in [1.82, 2.24) is 4.98 Å². The van der Waals surface area contributed by atoms with E-state index in [4.69, 9.17) is 9.40 Å². The SMILES string of the molecule is c1ccc(N(c2ccc(-c3nc4c5ccccc5c5ccccc5c4o3)cc2)c2ccc3sc4ccccc4c3c2)cc1. The first kappa shape index (κ1) is 24.2. The van der Waals surface area contributed by atoms with Gasteiger partial charge in [-0.25, -0.2) is 4.98 Å². The molecule has 9 rings (SSSR count). The first-order valence-electron chi connectivity index (χ1n) is 14.4. The van der Waals surface area contributed by atoms with Crippen molar-refractivity contribution in [3.63, 3.8) is 0 Å². The number of anilines is 3. The molecule has 0 fully saturated rings. The van der Waals surface area contributed by atoms with Gasteiger partial charge >= 0.3 is 0 Å². The molecule has 0 aliphatic rings. The third-order valence-electron chi connectivity index (χ3n) is 8.28. The monoisotopic (exact) mass is 568 g/mol. The average molecular weight is 569 g/mol. The Bertz CT molecular complexity index is 2380. The van der Waals surface area contributed by atoms with Crippen LogP contribution in [0.15, 0.2) is 150 Å². The van der Waals surface area contributed by atoms with E-state index in [-0.39, 0.29) is 0 Å². The third kappa shape index (κ3) is 3.84. The summed E-state index contributed by atoms with van der Waals surface area (Å²) in [7, 11) is 0. The quantitative estimate of drug-likeness (QED) is 0.198. The summed E-state index contributed by atoms with van der Waals surface area (Å²) < 4.78 is 9.11. The highest BCUT2D eigenvalue weighted by molar-refractivity contribution is 7.25. The Morgan fingerprint density at radius 3 is 1.84 bits per heavy atom. The number of benzene rings is 7. The van der Waals surface area contributed by atoms with Gasteiger partial charge in [0.25, 0.3) is 0 Å². The number of aromatic nitrogens is 1. The fraction of sp³-hybridized carbons (Fsp3) is 0. The maximum atomic E-state index is 6.50. The molecular weight excluding hydrogens is 545 g/mol. The minimum atomic E-state index is 0.625. The van der Waals surface area contributed by atoms with E-state index in [1.54, 1.807) is 0 Å². The van der Waals surface area contributed by atoms with Gasteiger partial charge in [-0.15, -0.1) is 11.3 Å². The summed E-state index contributed by atoms with van der Waals surface area (Å²) in [4.78, 5) is 7.34. The topological polar surface area (TPSA) is 29.3 Å². The lowest BCUT2D eigenvalue weighted by molar-refractivity contribution is 0.623. The molecule has 0 atom stereocenters. The first-order chi connectivity index (χ1) is 21.3. The van der Waals surface area contributed by atoms with Crippen LogP contribution in [0.25, 0.3) is 64.3 Å². The van der Waals surface area contributed by atoms with Crippen LogP contribution in [0.4, 0.5) is 17.1 Å². The average Bonchev–Trinajstić information content (AvgIpc) is 3.69. The Labute approximate surface area is 251 Å². The van der Waals surface area contributed by atoms with Gasteiger partial charge in [-0.05, 0) is 71.4 Å². The van der Waals surface area contributed by atoms with E-state index < -0.39 is 0 Å². The second-order valence-electron chi connectivity index (χ2n) is 10.8. The Balaban J connectivity index is 1.18. The van der Waals surface area contributed by atoms with Crippen molar-refractivity contribution in [3.8, 4) is 11.5 Å². The normalized spacial score (nSPS) is 11.7. The number of para-hydroxylation sites is 1. The van der Waals surface area contributed by atoms with Crippen LogP contribution in [0.1, 0.15) is 0 Å². The van der Waals surface area contributed by atoms with Crippen LogP contribution in [0, 0.1) is 0 Å². The summed E-state index contributed by atoms with van der Waals surface area (Å²) >= 11 is 1.84. The molecule has 2 aromatic heterocycles. The lowest BCUT2D eigenvalue weighted by Gasteiger charge is -2.25. The number of hydrogen-bond donors (Lipinski definition) is 0. The van der Waals surface area contributed by atoms with E-state index in [0.29, 0.717) is 5.89 Å². The van der Waals surface area contributed by atoms with E-state index in [2.05, 4.69) is 150 Å². The van der Waals surface area contributed by atoms with E-state index in [9.17, 15) is 0 Å². The van der Waals surface area contributed by atoms with E-state index in [0.717, 1.165) is 44.5 Å².